The monoisotopic (exact) mass is 308 g/mol. The highest BCUT2D eigenvalue weighted by Crippen LogP contribution is 2.22. The first-order valence-corrected chi connectivity index (χ1v) is 7.00. The lowest BCUT2D eigenvalue weighted by Gasteiger charge is -2.06. The van der Waals surface area contributed by atoms with Crippen molar-refractivity contribution in [2.24, 2.45) is 0 Å². The van der Waals surface area contributed by atoms with E-state index in [0.717, 1.165) is 22.9 Å². The summed E-state index contributed by atoms with van der Waals surface area (Å²) in [6.45, 7) is 0.536. The Balaban J connectivity index is 1.76. The molecule has 0 unspecified atom stereocenters. The highest BCUT2D eigenvalue weighted by atomic mass is 79.9. The Morgan fingerprint density at radius 2 is 2.11 bits per heavy atom. The Labute approximate surface area is 116 Å². The first-order chi connectivity index (χ1) is 8.74. The number of hydrogen-bond acceptors (Lipinski definition) is 1. The third-order valence-electron chi connectivity index (χ3n) is 3.00. The minimum absolute atomic E-state index is 0.144. The Hall–Kier alpha value is -1.29. The predicted molar refractivity (Wildman–Crippen MR) is 76.1 cm³/mol. The Morgan fingerprint density at radius 1 is 1.33 bits per heavy atom. The SMILES string of the molecule is O=C(NC=C1CCCC1)NCc1cccc(Br)c1. The van der Waals surface area contributed by atoms with Crippen LogP contribution in [0.2, 0.25) is 0 Å². The maximum absolute atomic E-state index is 11.6. The number of carbonyl (C=O) groups is 1. The van der Waals surface area contributed by atoms with E-state index < -0.39 is 0 Å². The van der Waals surface area contributed by atoms with E-state index in [0.29, 0.717) is 6.54 Å². The van der Waals surface area contributed by atoms with Crippen LogP contribution in [0.1, 0.15) is 31.2 Å². The first-order valence-electron chi connectivity index (χ1n) is 6.21. The van der Waals surface area contributed by atoms with Crippen LogP contribution in [0, 0.1) is 0 Å². The van der Waals surface area contributed by atoms with Gasteiger partial charge in [0.05, 0.1) is 0 Å². The molecule has 2 N–H and O–H groups in total. The van der Waals surface area contributed by atoms with E-state index in [2.05, 4.69) is 26.6 Å². The molecule has 4 heteroatoms. The molecule has 2 amide bonds. The molecule has 0 bridgehead atoms. The summed E-state index contributed by atoms with van der Waals surface area (Å²) in [6, 6.07) is 7.76. The molecule has 2 rings (SSSR count). The fourth-order valence-corrected chi connectivity index (χ4v) is 2.47. The van der Waals surface area contributed by atoms with Crippen molar-refractivity contribution in [3.8, 4) is 0 Å². The van der Waals surface area contributed by atoms with E-state index in [1.807, 2.05) is 30.5 Å². The molecule has 1 aliphatic carbocycles. The molecule has 1 fully saturated rings. The number of benzene rings is 1. The van der Waals surface area contributed by atoms with Crippen LogP contribution in [0.4, 0.5) is 4.79 Å². The zero-order valence-electron chi connectivity index (χ0n) is 10.2. The predicted octanol–water partition coefficient (Wildman–Crippen LogP) is 3.71. The van der Waals surface area contributed by atoms with Crippen LogP contribution in [0.3, 0.4) is 0 Å². The summed E-state index contributed by atoms with van der Waals surface area (Å²) in [5.74, 6) is 0. The molecule has 0 atom stereocenters. The van der Waals surface area contributed by atoms with Crippen molar-refractivity contribution in [1.82, 2.24) is 10.6 Å². The minimum Gasteiger partial charge on any atom is -0.334 e. The molecule has 1 saturated carbocycles. The third kappa shape index (κ3) is 4.18. The van der Waals surface area contributed by atoms with Crippen LogP contribution < -0.4 is 10.6 Å². The maximum atomic E-state index is 11.6. The summed E-state index contributed by atoms with van der Waals surface area (Å²) in [5, 5.41) is 5.62. The second-order valence-corrected chi connectivity index (χ2v) is 5.38. The lowest BCUT2D eigenvalue weighted by molar-refractivity contribution is 0.243. The Kier molecular flexibility index (Phi) is 4.81. The fourth-order valence-electron chi connectivity index (χ4n) is 2.02. The largest absolute Gasteiger partial charge is 0.334 e. The summed E-state index contributed by atoms with van der Waals surface area (Å²) < 4.78 is 1.02. The molecule has 96 valence electrons. The molecule has 0 spiro atoms. The van der Waals surface area contributed by atoms with Crippen molar-refractivity contribution >= 4 is 22.0 Å². The van der Waals surface area contributed by atoms with Crippen LogP contribution in [0.5, 0.6) is 0 Å². The summed E-state index contributed by atoms with van der Waals surface area (Å²) in [7, 11) is 0. The van der Waals surface area contributed by atoms with Gasteiger partial charge in [-0.15, -0.1) is 0 Å². The van der Waals surface area contributed by atoms with Gasteiger partial charge in [0.25, 0.3) is 0 Å². The van der Waals surface area contributed by atoms with Crippen LogP contribution in [-0.4, -0.2) is 6.03 Å². The number of allylic oxidation sites excluding steroid dienone is 1. The number of halogens is 1. The van der Waals surface area contributed by atoms with Crippen LogP contribution >= 0.6 is 15.9 Å². The molecular weight excluding hydrogens is 292 g/mol. The molecule has 1 aliphatic rings. The highest BCUT2D eigenvalue weighted by Gasteiger charge is 2.06. The zero-order chi connectivity index (χ0) is 12.8. The van der Waals surface area contributed by atoms with Gasteiger partial charge in [-0.25, -0.2) is 4.79 Å². The summed E-state index contributed by atoms with van der Waals surface area (Å²) in [6.07, 6.45) is 6.57. The Morgan fingerprint density at radius 3 is 2.83 bits per heavy atom. The van der Waals surface area contributed by atoms with Crippen LogP contribution in [-0.2, 0) is 6.54 Å². The number of nitrogens with one attached hydrogen (secondary N) is 2. The van der Waals surface area contributed by atoms with Gasteiger partial charge >= 0.3 is 6.03 Å². The van der Waals surface area contributed by atoms with Crippen molar-refractivity contribution in [3.63, 3.8) is 0 Å². The molecule has 1 aromatic carbocycles. The van der Waals surface area contributed by atoms with Gasteiger partial charge in [-0.2, -0.15) is 0 Å². The van der Waals surface area contributed by atoms with E-state index in [-0.39, 0.29) is 6.03 Å². The van der Waals surface area contributed by atoms with Crippen molar-refractivity contribution in [1.29, 1.82) is 0 Å². The fraction of sp³-hybridized carbons (Fsp3) is 0.357. The van der Waals surface area contributed by atoms with Gasteiger partial charge in [0.2, 0.25) is 0 Å². The standard InChI is InChI=1S/C14H17BrN2O/c15-13-7-3-6-12(8-13)10-17-14(18)16-9-11-4-1-2-5-11/h3,6-9H,1-2,4-5,10H2,(H2,16,17,18). The van der Waals surface area contributed by atoms with E-state index >= 15 is 0 Å². The lowest BCUT2D eigenvalue weighted by atomic mass is 10.2. The zero-order valence-corrected chi connectivity index (χ0v) is 11.8. The number of rotatable bonds is 3. The van der Waals surface area contributed by atoms with Gasteiger partial charge in [-0.05, 0) is 43.4 Å². The molecule has 0 saturated heterocycles. The number of urea groups is 1. The summed E-state index contributed by atoms with van der Waals surface area (Å²) in [4.78, 5) is 11.6. The summed E-state index contributed by atoms with van der Waals surface area (Å²) >= 11 is 3.41. The second-order valence-electron chi connectivity index (χ2n) is 4.47. The van der Waals surface area contributed by atoms with Gasteiger partial charge in [-0.3, -0.25) is 0 Å². The molecule has 0 aromatic heterocycles. The molecule has 0 heterocycles. The molecular formula is C14H17BrN2O. The van der Waals surface area contributed by atoms with Gasteiger partial charge in [0.15, 0.2) is 0 Å². The van der Waals surface area contributed by atoms with Gasteiger partial charge in [-0.1, -0.05) is 33.6 Å². The first kappa shape index (κ1) is 13.1. The average molecular weight is 309 g/mol. The van der Waals surface area contributed by atoms with Crippen molar-refractivity contribution in [2.75, 3.05) is 0 Å². The number of hydrogen-bond donors (Lipinski definition) is 2. The van der Waals surface area contributed by atoms with Crippen molar-refractivity contribution < 1.29 is 4.79 Å². The van der Waals surface area contributed by atoms with Gasteiger partial charge in [0.1, 0.15) is 0 Å². The molecule has 0 radical (unpaired) electrons. The van der Waals surface area contributed by atoms with E-state index in [4.69, 9.17) is 0 Å². The normalized spacial score (nSPS) is 14.4. The lowest BCUT2D eigenvalue weighted by Crippen LogP contribution is -2.31. The maximum Gasteiger partial charge on any atom is 0.319 e. The second kappa shape index (κ2) is 6.59. The third-order valence-corrected chi connectivity index (χ3v) is 3.49. The molecule has 18 heavy (non-hydrogen) atoms. The van der Waals surface area contributed by atoms with E-state index in [1.54, 1.807) is 0 Å². The minimum atomic E-state index is -0.144. The number of amides is 2. The van der Waals surface area contributed by atoms with E-state index in [9.17, 15) is 4.79 Å². The van der Waals surface area contributed by atoms with Crippen molar-refractivity contribution in [2.45, 2.75) is 32.2 Å². The van der Waals surface area contributed by atoms with Crippen LogP contribution in [0.15, 0.2) is 40.5 Å². The van der Waals surface area contributed by atoms with Crippen molar-refractivity contribution in [3.05, 3.63) is 46.1 Å². The molecule has 1 aromatic rings. The van der Waals surface area contributed by atoms with Gasteiger partial charge in [0, 0.05) is 17.2 Å². The average Bonchev–Trinajstić information content (AvgIpc) is 2.87. The number of carbonyl (C=O) groups excluding carboxylic acids is 1. The molecule has 3 nitrogen and oxygen atoms in total. The quantitative estimate of drug-likeness (QED) is 0.878. The highest BCUT2D eigenvalue weighted by molar-refractivity contribution is 9.10. The summed E-state index contributed by atoms with van der Waals surface area (Å²) in [5.41, 5.74) is 2.42. The van der Waals surface area contributed by atoms with Crippen LogP contribution in [0.25, 0.3) is 0 Å². The topological polar surface area (TPSA) is 41.1 Å². The smallest absolute Gasteiger partial charge is 0.319 e. The van der Waals surface area contributed by atoms with E-state index in [1.165, 1.54) is 18.4 Å². The molecule has 0 aliphatic heterocycles. The Bertz CT molecular complexity index is 449. The van der Waals surface area contributed by atoms with Gasteiger partial charge < -0.3 is 10.6 Å².